The molecule has 0 atom stereocenters. The van der Waals surface area contributed by atoms with E-state index in [0.717, 1.165) is 11.4 Å². The van der Waals surface area contributed by atoms with E-state index in [1.165, 1.54) is 0 Å². The van der Waals surface area contributed by atoms with Crippen molar-refractivity contribution in [2.45, 2.75) is 13.8 Å². The predicted octanol–water partition coefficient (Wildman–Crippen LogP) is 2.15. The Morgan fingerprint density at radius 1 is 1.46 bits per heavy atom. The van der Waals surface area contributed by atoms with Gasteiger partial charge in [0.05, 0.1) is 0 Å². The molecule has 1 rings (SSSR count). The molecule has 0 saturated carbocycles. The van der Waals surface area contributed by atoms with Gasteiger partial charge in [-0.3, -0.25) is 9.78 Å². The second-order valence-corrected chi connectivity index (χ2v) is 2.63. The molecule has 1 heterocycles. The fraction of sp³-hybridized carbons (Fsp3) is 0.250. The molecule has 0 fully saturated rings. The fourth-order valence-corrected chi connectivity index (χ4v) is 1.06. The number of pyridine rings is 1. The van der Waals surface area contributed by atoms with Crippen LogP contribution in [0.2, 0.25) is 0 Å². The number of aromatic nitrogens is 1. The van der Waals surface area contributed by atoms with Crippen molar-refractivity contribution in [2.24, 2.45) is 5.11 Å². The lowest BCUT2D eigenvalue weighted by Gasteiger charge is -1.98. The van der Waals surface area contributed by atoms with Crippen LogP contribution in [0.15, 0.2) is 17.2 Å². The summed E-state index contributed by atoms with van der Waals surface area (Å²) in [5, 5.41) is 2.99. The van der Waals surface area contributed by atoms with Crippen molar-refractivity contribution in [3.8, 4) is 0 Å². The second-order valence-electron chi connectivity index (χ2n) is 2.63. The van der Waals surface area contributed by atoms with Gasteiger partial charge in [-0.05, 0) is 36.6 Å². The van der Waals surface area contributed by atoms with Gasteiger partial charge in [0.15, 0.2) is 0 Å². The normalized spacial score (nSPS) is 9.08. The lowest BCUT2D eigenvalue weighted by atomic mass is 10.2. The van der Waals surface area contributed by atoms with Crippen LogP contribution in [0.3, 0.4) is 0 Å². The van der Waals surface area contributed by atoms with Crippen LogP contribution in [0.25, 0.3) is 10.4 Å². The maximum Gasteiger partial charge on any atom is 0.249 e. The van der Waals surface area contributed by atoms with Gasteiger partial charge in [0.2, 0.25) is 5.91 Å². The number of hydrogen-bond acceptors (Lipinski definition) is 2. The summed E-state index contributed by atoms with van der Waals surface area (Å²) < 4.78 is 0. The molecule has 0 aromatic carbocycles. The summed E-state index contributed by atoms with van der Waals surface area (Å²) in [5.74, 6) is -0.573. The molecule has 13 heavy (non-hydrogen) atoms. The van der Waals surface area contributed by atoms with E-state index in [1.54, 1.807) is 26.0 Å². The van der Waals surface area contributed by atoms with Gasteiger partial charge in [0, 0.05) is 21.9 Å². The number of azide groups is 1. The Labute approximate surface area is 75.0 Å². The number of rotatable bonds is 1. The molecule has 0 spiro atoms. The number of nitrogens with zero attached hydrogens (tertiary/aromatic N) is 4. The van der Waals surface area contributed by atoms with Crippen LogP contribution in [0.4, 0.5) is 0 Å². The van der Waals surface area contributed by atoms with E-state index >= 15 is 0 Å². The first-order chi connectivity index (χ1) is 6.13. The van der Waals surface area contributed by atoms with Crippen molar-refractivity contribution in [1.82, 2.24) is 4.98 Å². The smallest absolute Gasteiger partial charge is 0.249 e. The summed E-state index contributed by atoms with van der Waals surface area (Å²) in [6.45, 7) is 3.56. The number of aryl methyl sites for hydroxylation is 2. The Balaban J connectivity index is 3.15. The Hall–Kier alpha value is -1.87. The molecule has 0 bridgehead atoms. The minimum Gasteiger partial charge on any atom is -0.287 e. The Kier molecular flexibility index (Phi) is 2.62. The zero-order valence-electron chi connectivity index (χ0n) is 7.35. The van der Waals surface area contributed by atoms with E-state index in [1.807, 2.05) is 0 Å². The van der Waals surface area contributed by atoms with Crippen molar-refractivity contribution in [3.05, 3.63) is 39.5 Å². The monoisotopic (exact) mass is 176 g/mol. The van der Waals surface area contributed by atoms with Crippen molar-refractivity contribution in [1.29, 1.82) is 0 Å². The quantitative estimate of drug-likeness (QED) is 0.373. The van der Waals surface area contributed by atoms with Gasteiger partial charge < -0.3 is 0 Å². The number of amides is 1. The van der Waals surface area contributed by atoms with E-state index in [4.69, 9.17) is 5.53 Å². The van der Waals surface area contributed by atoms with E-state index in [-0.39, 0.29) is 0 Å². The van der Waals surface area contributed by atoms with Gasteiger partial charge in [0.25, 0.3) is 0 Å². The molecule has 66 valence electrons. The lowest BCUT2D eigenvalue weighted by Crippen LogP contribution is -1.97. The van der Waals surface area contributed by atoms with Crippen molar-refractivity contribution in [3.63, 3.8) is 0 Å². The SMILES string of the molecule is Cc1cc(C(=O)N=[N+]=[N-])cc(C)n1. The molecule has 1 aromatic heterocycles. The van der Waals surface area contributed by atoms with Gasteiger partial charge in [-0.15, -0.1) is 0 Å². The highest BCUT2D eigenvalue weighted by atomic mass is 16.1. The Morgan fingerprint density at radius 3 is 2.46 bits per heavy atom. The molecule has 5 nitrogen and oxygen atoms in total. The van der Waals surface area contributed by atoms with Crippen LogP contribution in [0.5, 0.6) is 0 Å². The molecule has 0 N–H and O–H groups in total. The summed E-state index contributed by atoms with van der Waals surface area (Å²) >= 11 is 0. The molecule has 1 aromatic rings. The van der Waals surface area contributed by atoms with Gasteiger partial charge in [-0.1, -0.05) is 0 Å². The second kappa shape index (κ2) is 3.69. The summed E-state index contributed by atoms with van der Waals surface area (Å²) in [6.07, 6.45) is 0. The molecule has 5 heteroatoms. The van der Waals surface area contributed by atoms with E-state index in [0.29, 0.717) is 5.56 Å². The number of carbonyl (C=O) groups excluding carboxylic acids is 1. The van der Waals surface area contributed by atoms with Crippen molar-refractivity contribution >= 4 is 5.91 Å². The average Bonchev–Trinajstić information content (AvgIpc) is 2.03. The highest BCUT2D eigenvalue weighted by Gasteiger charge is 2.04. The maximum atomic E-state index is 11.1. The third kappa shape index (κ3) is 2.28. The van der Waals surface area contributed by atoms with Gasteiger partial charge in [-0.25, -0.2) is 0 Å². The molecule has 0 unspecified atom stereocenters. The summed E-state index contributed by atoms with van der Waals surface area (Å²) in [6, 6.07) is 3.17. The first-order valence-electron chi connectivity index (χ1n) is 3.68. The zero-order valence-corrected chi connectivity index (χ0v) is 7.35. The van der Waals surface area contributed by atoms with Crippen molar-refractivity contribution < 1.29 is 4.79 Å². The zero-order chi connectivity index (χ0) is 9.84. The average molecular weight is 176 g/mol. The molecule has 0 aliphatic carbocycles. The third-order valence-electron chi connectivity index (χ3n) is 1.46. The fourth-order valence-electron chi connectivity index (χ4n) is 1.06. The van der Waals surface area contributed by atoms with Crippen LogP contribution >= 0.6 is 0 Å². The first-order valence-corrected chi connectivity index (χ1v) is 3.68. The lowest BCUT2D eigenvalue weighted by molar-refractivity contribution is 0.1000. The minimum atomic E-state index is -0.573. The molecular weight excluding hydrogens is 168 g/mol. The third-order valence-corrected chi connectivity index (χ3v) is 1.46. The highest BCUT2D eigenvalue weighted by molar-refractivity contribution is 5.94. The molecular formula is C8H8N4O. The molecule has 1 amide bonds. The van der Waals surface area contributed by atoms with E-state index in [2.05, 4.69) is 15.0 Å². The van der Waals surface area contributed by atoms with Crippen LogP contribution in [0.1, 0.15) is 21.7 Å². The number of carbonyl (C=O) groups is 1. The Morgan fingerprint density at radius 2 is 2.00 bits per heavy atom. The van der Waals surface area contributed by atoms with Crippen LogP contribution in [-0.2, 0) is 0 Å². The van der Waals surface area contributed by atoms with Crippen LogP contribution in [0, 0.1) is 13.8 Å². The topological polar surface area (TPSA) is 78.7 Å². The summed E-state index contributed by atoms with van der Waals surface area (Å²) in [4.78, 5) is 17.6. The summed E-state index contributed by atoms with van der Waals surface area (Å²) in [5.41, 5.74) is 9.90. The molecule has 0 saturated heterocycles. The first kappa shape index (κ1) is 9.22. The highest BCUT2D eigenvalue weighted by Crippen LogP contribution is 2.06. The van der Waals surface area contributed by atoms with Gasteiger partial charge in [0.1, 0.15) is 0 Å². The van der Waals surface area contributed by atoms with Crippen molar-refractivity contribution in [2.75, 3.05) is 0 Å². The standard InChI is InChI=1S/C8H8N4O/c1-5-3-7(4-6(2)10-5)8(13)11-12-9/h3-4H,1-2H3. The van der Waals surface area contributed by atoms with Crippen LogP contribution in [-0.4, -0.2) is 10.9 Å². The molecule has 0 radical (unpaired) electrons. The number of hydrogen-bond donors (Lipinski definition) is 0. The van der Waals surface area contributed by atoms with Gasteiger partial charge in [-0.2, -0.15) is 0 Å². The largest absolute Gasteiger partial charge is 0.287 e. The maximum absolute atomic E-state index is 11.1. The van der Waals surface area contributed by atoms with Crippen LogP contribution < -0.4 is 0 Å². The predicted molar refractivity (Wildman–Crippen MR) is 47.2 cm³/mol. The molecule has 0 aliphatic rings. The Bertz CT molecular complexity index is 373. The van der Waals surface area contributed by atoms with E-state index < -0.39 is 5.91 Å². The van der Waals surface area contributed by atoms with Gasteiger partial charge >= 0.3 is 0 Å². The summed E-state index contributed by atoms with van der Waals surface area (Å²) in [7, 11) is 0. The molecule has 0 aliphatic heterocycles. The minimum absolute atomic E-state index is 0.378. The van der Waals surface area contributed by atoms with E-state index in [9.17, 15) is 4.79 Å².